The Morgan fingerprint density at radius 1 is 1.03 bits per heavy atom. The van der Waals surface area contributed by atoms with Crippen LogP contribution in [-0.2, 0) is 6.54 Å². The average molecular weight is 413 g/mol. The van der Waals surface area contributed by atoms with Crippen LogP contribution < -0.4 is 0 Å². The second kappa shape index (κ2) is 9.45. The Balaban J connectivity index is 1.46. The van der Waals surface area contributed by atoms with Gasteiger partial charge < -0.3 is 9.80 Å². The van der Waals surface area contributed by atoms with Crippen molar-refractivity contribution >= 4 is 11.8 Å². The molecule has 2 fully saturated rings. The zero-order chi connectivity index (χ0) is 20.9. The smallest absolute Gasteiger partial charge is 0.257 e. The van der Waals surface area contributed by atoms with Crippen molar-refractivity contribution in [2.24, 2.45) is 0 Å². The summed E-state index contributed by atoms with van der Waals surface area (Å²) in [6.45, 7) is 5.87. The quantitative estimate of drug-likeness (QED) is 0.818. The van der Waals surface area contributed by atoms with Gasteiger partial charge in [0.25, 0.3) is 11.8 Å². The van der Waals surface area contributed by atoms with E-state index < -0.39 is 0 Å². The minimum absolute atomic E-state index is 0.0157. The Morgan fingerprint density at radius 2 is 1.80 bits per heavy atom. The molecule has 0 spiro atoms. The SMILES string of the molecule is CCCn1cc(C(=O)N2CCC[C@@H](c3[nH]ncc3C(=O)N3CCCCCC3)C2)cn1. The standard InChI is InChI=1S/C22H32N6O2/c1-2-9-28-16-18(13-24-28)21(29)27-12-7-8-17(15-27)20-19(14-23-25-20)22(30)26-10-5-3-4-6-11-26/h13-14,16-17H,2-12,15H2,1H3,(H,23,25)/t17-/m1/s1. The van der Waals surface area contributed by atoms with Crippen LogP contribution in [0.3, 0.4) is 0 Å². The Bertz CT molecular complexity index is 865. The van der Waals surface area contributed by atoms with Crippen molar-refractivity contribution in [3.63, 3.8) is 0 Å². The number of likely N-dealkylation sites (tertiary alicyclic amines) is 2. The van der Waals surface area contributed by atoms with Crippen LogP contribution in [0.25, 0.3) is 0 Å². The number of nitrogens with one attached hydrogen (secondary N) is 1. The summed E-state index contributed by atoms with van der Waals surface area (Å²) in [6, 6.07) is 0. The zero-order valence-electron chi connectivity index (χ0n) is 17.8. The molecule has 2 aliphatic heterocycles. The van der Waals surface area contributed by atoms with Crippen molar-refractivity contribution in [3.8, 4) is 0 Å². The molecule has 4 rings (SSSR count). The number of carbonyl (C=O) groups is 2. The van der Waals surface area contributed by atoms with Crippen LogP contribution in [0.2, 0.25) is 0 Å². The molecule has 0 aromatic carbocycles. The number of carbonyl (C=O) groups excluding carboxylic acids is 2. The lowest BCUT2D eigenvalue weighted by atomic mass is 9.92. The van der Waals surface area contributed by atoms with Gasteiger partial charge >= 0.3 is 0 Å². The molecule has 4 heterocycles. The highest BCUT2D eigenvalue weighted by atomic mass is 16.2. The van der Waals surface area contributed by atoms with Crippen LogP contribution >= 0.6 is 0 Å². The molecule has 1 N–H and O–H groups in total. The number of hydrogen-bond acceptors (Lipinski definition) is 4. The highest BCUT2D eigenvalue weighted by molar-refractivity contribution is 5.95. The topological polar surface area (TPSA) is 87.1 Å². The van der Waals surface area contributed by atoms with Crippen LogP contribution in [0.1, 0.15) is 84.2 Å². The van der Waals surface area contributed by atoms with Gasteiger partial charge in [-0.1, -0.05) is 19.8 Å². The average Bonchev–Trinajstić information content (AvgIpc) is 3.36. The molecule has 2 amide bonds. The third-order valence-electron chi connectivity index (χ3n) is 6.24. The molecule has 30 heavy (non-hydrogen) atoms. The molecule has 162 valence electrons. The molecule has 8 nitrogen and oxygen atoms in total. The molecular weight excluding hydrogens is 380 g/mol. The molecule has 0 radical (unpaired) electrons. The Kier molecular flexibility index (Phi) is 6.50. The van der Waals surface area contributed by atoms with Crippen molar-refractivity contribution in [2.75, 3.05) is 26.2 Å². The lowest BCUT2D eigenvalue weighted by Gasteiger charge is -2.32. The first-order chi connectivity index (χ1) is 14.7. The van der Waals surface area contributed by atoms with E-state index in [2.05, 4.69) is 22.2 Å². The minimum atomic E-state index is 0.0157. The van der Waals surface area contributed by atoms with E-state index in [9.17, 15) is 9.59 Å². The molecule has 0 saturated carbocycles. The summed E-state index contributed by atoms with van der Waals surface area (Å²) in [6.07, 6.45) is 12.5. The third-order valence-corrected chi connectivity index (χ3v) is 6.24. The van der Waals surface area contributed by atoms with Gasteiger partial charge in [0.2, 0.25) is 0 Å². The Hall–Kier alpha value is -2.64. The van der Waals surface area contributed by atoms with Crippen LogP contribution in [0.5, 0.6) is 0 Å². The lowest BCUT2D eigenvalue weighted by Crippen LogP contribution is -2.40. The van der Waals surface area contributed by atoms with Crippen molar-refractivity contribution in [3.05, 3.63) is 35.4 Å². The van der Waals surface area contributed by atoms with E-state index in [1.54, 1.807) is 12.4 Å². The summed E-state index contributed by atoms with van der Waals surface area (Å²) in [5.41, 5.74) is 2.19. The van der Waals surface area contributed by atoms with Gasteiger partial charge in [0.1, 0.15) is 0 Å². The highest BCUT2D eigenvalue weighted by Crippen LogP contribution is 2.29. The van der Waals surface area contributed by atoms with Gasteiger partial charge in [-0.2, -0.15) is 10.2 Å². The van der Waals surface area contributed by atoms with E-state index in [1.807, 2.05) is 20.7 Å². The summed E-state index contributed by atoms with van der Waals surface area (Å²) in [5.74, 6) is 0.189. The van der Waals surface area contributed by atoms with E-state index >= 15 is 0 Å². The van der Waals surface area contributed by atoms with E-state index in [-0.39, 0.29) is 17.7 Å². The maximum atomic E-state index is 13.2. The van der Waals surface area contributed by atoms with Gasteiger partial charge in [0.05, 0.1) is 29.2 Å². The number of hydrogen-bond donors (Lipinski definition) is 1. The van der Waals surface area contributed by atoms with Gasteiger partial charge in [-0.05, 0) is 32.1 Å². The molecule has 2 saturated heterocycles. The van der Waals surface area contributed by atoms with Gasteiger partial charge in [-0.15, -0.1) is 0 Å². The molecule has 8 heteroatoms. The van der Waals surface area contributed by atoms with Crippen LogP contribution in [0.4, 0.5) is 0 Å². The van der Waals surface area contributed by atoms with Crippen LogP contribution in [-0.4, -0.2) is 67.8 Å². The van der Waals surface area contributed by atoms with Crippen molar-refractivity contribution in [2.45, 2.75) is 64.3 Å². The van der Waals surface area contributed by atoms with E-state index in [1.165, 1.54) is 12.8 Å². The number of piperidine rings is 1. The van der Waals surface area contributed by atoms with Gasteiger partial charge in [0.15, 0.2) is 0 Å². The molecular formula is C22H32N6O2. The first-order valence-electron chi connectivity index (χ1n) is 11.3. The third kappa shape index (κ3) is 4.42. The summed E-state index contributed by atoms with van der Waals surface area (Å²) >= 11 is 0. The Labute approximate surface area is 177 Å². The molecule has 0 bridgehead atoms. The van der Waals surface area contributed by atoms with Gasteiger partial charge in [-0.3, -0.25) is 19.4 Å². The molecule has 1 atom stereocenters. The van der Waals surface area contributed by atoms with Crippen molar-refractivity contribution in [1.29, 1.82) is 0 Å². The number of H-pyrrole nitrogens is 1. The first kappa shape index (κ1) is 20.6. The number of nitrogens with zero attached hydrogens (tertiary/aromatic N) is 5. The fraction of sp³-hybridized carbons (Fsp3) is 0.636. The predicted molar refractivity (Wildman–Crippen MR) is 113 cm³/mol. The van der Waals surface area contributed by atoms with Gasteiger partial charge in [-0.25, -0.2) is 0 Å². The van der Waals surface area contributed by atoms with Crippen molar-refractivity contribution < 1.29 is 9.59 Å². The largest absolute Gasteiger partial charge is 0.339 e. The van der Waals surface area contributed by atoms with Crippen LogP contribution in [0.15, 0.2) is 18.6 Å². The van der Waals surface area contributed by atoms with Crippen LogP contribution in [0, 0.1) is 0 Å². The minimum Gasteiger partial charge on any atom is -0.339 e. The summed E-state index contributed by atoms with van der Waals surface area (Å²) in [5, 5.41) is 11.6. The molecule has 2 aliphatic rings. The fourth-order valence-electron chi connectivity index (χ4n) is 4.63. The number of aryl methyl sites for hydroxylation is 1. The normalized spacial score (nSPS) is 20.2. The summed E-state index contributed by atoms with van der Waals surface area (Å²) in [4.78, 5) is 30.0. The van der Waals surface area contributed by atoms with Crippen molar-refractivity contribution in [1.82, 2.24) is 29.8 Å². The maximum absolute atomic E-state index is 13.2. The van der Waals surface area contributed by atoms with Gasteiger partial charge in [0, 0.05) is 44.8 Å². The number of aromatic nitrogens is 4. The number of aromatic amines is 1. The summed E-state index contributed by atoms with van der Waals surface area (Å²) < 4.78 is 1.82. The second-order valence-electron chi connectivity index (χ2n) is 8.49. The Morgan fingerprint density at radius 3 is 2.57 bits per heavy atom. The molecule has 2 aromatic heterocycles. The lowest BCUT2D eigenvalue weighted by molar-refractivity contribution is 0.0704. The monoisotopic (exact) mass is 412 g/mol. The van der Waals surface area contributed by atoms with E-state index in [4.69, 9.17) is 0 Å². The molecule has 0 unspecified atom stereocenters. The highest BCUT2D eigenvalue weighted by Gasteiger charge is 2.31. The zero-order valence-corrected chi connectivity index (χ0v) is 17.8. The molecule has 0 aliphatic carbocycles. The fourth-order valence-corrected chi connectivity index (χ4v) is 4.63. The maximum Gasteiger partial charge on any atom is 0.257 e. The second-order valence-corrected chi connectivity index (χ2v) is 8.49. The summed E-state index contributed by atoms with van der Waals surface area (Å²) in [7, 11) is 0. The van der Waals surface area contributed by atoms with E-state index in [0.717, 1.165) is 64.0 Å². The number of rotatable bonds is 5. The van der Waals surface area contributed by atoms with E-state index in [0.29, 0.717) is 17.7 Å². The first-order valence-corrected chi connectivity index (χ1v) is 11.3. The molecule has 2 aromatic rings. The number of amides is 2. The predicted octanol–water partition coefficient (Wildman–Crippen LogP) is 3.05.